The van der Waals surface area contributed by atoms with Crippen molar-refractivity contribution in [3.63, 3.8) is 0 Å². The minimum Gasteiger partial charge on any atom is -0.507 e. The van der Waals surface area contributed by atoms with E-state index >= 15 is 0 Å². The quantitative estimate of drug-likeness (QED) is 0.675. The van der Waals surface area contributed by atoms with Crippen molar-refractivity contribution >= 4 is 11.8 Å². The highest BCUT2D eigenvalue weighted by Gasteiger charge is 2.48. The van der Waals surface area contributed by atoms with Crippen LogP contribution in [0.1, 0.15) is 39.5 Å². The number of hydrogen-bond donors (Lipinski definition) is 2. The van der Waals surface area contributed by atoms with Gasteiger partial charge in [-0.25, -0.2) is 9.97 Å². The van der Waals surface area contributed by atoms with Gasteiger partial charge in [0.25, 0.3) is 0 Å². The largest absolute Gasteiger partial charge is 0.507 e. The van der Waals surface area contributed by atoms with Crippen LogP contribution in [0.4, 0.5) is 0 Å². The summed E-state index contributed by atoms with van der Waals surface area (Å²) in [7, 11) is 0. The fraction of sp³-hybridized carbons (Fsp3) is 0.409. The average Bonchev–Trinajstić information content (AvgIpc) is 3.28. The highest BCUT2D eigenvalue weighted by molar-refractivity contribution is 7.99. The van der Waals surface area contributed by atoms with E-state index < -0.39 is 0 Å². The Bertz CT molecular complexity index is 1000. The standard InChI is InChI=1S/C22H25N5OS/c1-21-5-6-22(2,26-21)11-16(10-21)29-20-13-24-18(12-25-20)17-4-3-15(9-19(17)28)27-8-7-23-14-27/h3-4,7-9,12-14,16,26,28H,5-6,10-11H2,1-2H3/t16-,21-,22+. The van der Waals surface area contributed by atoms with Crippen molar-refractivity contribution in [1.82, 2.24) is 24.8 Å². The van der Waals surface area contributed by atoms with Gasteiger partial charge in [0.1, 0.15) is 10.8 Å². The Labute approximate surface area is 174 Å². The molecule has 150 valence electrons. The zero-order valence-electron chi connectivity index (χ0n) is 16.7. The average molecular weight is 408 g/mol. The Morgan fingerprint density at radius 2 is 1.93 bits per heavy atom. The van der Waals surface area contributed by atoms with E-state index in [0.717, 1.165) is 23.6 Å². The van der Waals surface area contributed by atoms with Crippen molar-refractivity contribution in [2.24, 2.45) is 0 Å². The van der Waals surface area contributed by atoms with Crippen molar-refractivity contribution in [2.45, 2.75) is 60.9 Å². The van der Waals surface area contributed by atoms with Gasteiger partial charge < -0.3 is 15.0 Å². The van der Waals surface area contributed by atoms with Crippen LogP contribution in [-0.4, -0.2) is 41.0 Å². The highest BCUT2D eigenvalue weighted by atomic mass is 32.2. The van der Waals surface area contributed by atoms with Crippen LogP contribution in [0.25, 0.3) is 16.9 Å². The van der Waals surface area contributed by atoms with E-state index in [1.54, 1.807) is 24.8 Å². The number of rotatable bonds is 4. The maximum atomic E-state index is 10.5. The summed E-state index contributed by atoms with van der Waals surface area (Å²) >= 11 is 1.83. The number of imidazole rings is 1. The second-order valence-corrected chi connectivity index (χ2v) is 10.1. The Balaban J connectivity index is 1.32. The fourth-order valence-corrected chi connectivity index (χ4v) is 6.34. The van der Waals surface area contributed by atoms with E-state index in [1.165, 1.54) is 12.8 Å². The van der Waals surface area contributed by atoms with E-state index in [4.69, 9.17) is 0 Å². The topological polar surface area (TPSA) is 75.9 Å². The monoisotopic (exact) mass is 407 g/mol. The Morgan fingerprint density at radius 3 is 2.55 bits per heavy atom. The fourth-order valence-electron chi connectivity index (χ4n) is 4.87. The SMILES string of the molecule is C[C@]12CC[C@](C)(C[C@@H](Sc3cnc(-c4ccc(-n5ccnc5)cc4O)cn3)C1)N2. The van der Waals surface area contributed by atoms with Crippen molar-refractivity contribution in [2.75, 3.05) is 0 Å². The third kappa shape index (κ3) is 3.65. The molecule has 1 aromatic carbocycles. The summed E-state index contributed by atoms with van der Waals surface area (Å²) in [4.78, 5) is 13.3. The van der Waals surface area contributed by atoms with Crippen LogP contribution in [0.5, 0.6) is 5.75 Å². The molecule has 0 amide bonds. The van der Waals surface area contributed by atoms with E-state index in [2.05, 4.69) is 34.1 Å². The van der Waals surface area contributed by atoms with Gasteiger partial charge in [0, 0.05) is 40.4 Å². The normalized spacial score (nSPS) is 28.6. The van der Waals surface area contributed by atoms with E-state index in [1.807, 2.05) is 40.9 Å². The van der Waals surface area contributed by atoms with Crippen LogP contribution in [-0.2, 0) is 0 Å². The van der Waals surface area contributed by atoms with E-state index in [9.17, 15) is 5.11 Å². The van der Waals surface area contributed by atoms with Crippen LogP contribution >= 0.6 is 11.8 Å². The highest BCUT2D eigenvalue weighted by Crippen LogP contribution is 2.46. The summed E-state index contributed by atoms with van der Waals surface area (Å²) in [6.07, 6.45) is 13.7. The maximum Gasteiger partial charge on any atom is 0.127 e. The number of thioether (sulfide) groups is 1. The number of nitrogens with one attached hydrogen (secondary N) is 1. The zero-order valence-corrected chi connectivity index (χ0v) is 17.5. The van der Waals surface area contributed by atoms with Gasteiger partial charge in [0.2, 0.25) is 0 Å². The number of aromatic hydroxyl groups is 1. The zero-order chi connectivity index (χ0) is 20.1. The molecule has 2 N–H and O–H groups in total. The molecule has 0 spiro atoms. The molecule has 6 nitrogen and oxygen atoms in total. The number of phenols is 1. The molecule has 2 saturated heterocycles. The minimum absolute atomic E-state index is 0.182. The molecule has 29 heavy (non-hydrogen) atoms. The summed E-state index contributed by atoms with van der Waals surface area (Å²) in [5, 5.41) is 15.8. The molecule has 2 fully saturated rings. The summed E-state index contributed by atoms with van der Waals surface area (Å²) in [5.41, 5.74) is 2.71. The smallest absolute Gasteiger partial charge is 0.127 e. The lowest BCUT2D eigenvalue weighted by molar-refractivity contribution is 0.241. The van der Waals surface area contributed by atoms with Crippen LogP contribution in [0.2, 0.25) is 0 Å². The molecule has 2 bridgehead atoms. The molecule has 4 heterocycles. The Hall–Kier alpha value is -2.38. The Morgan fingerprint density at radius 1 is 1.14 bits per heavy atom. The predicted molar refractivity (Wildman–Crippen MR) is 114 cm³/mol. The van der Waals surface area contributed by atoms with Crippen LogP contribution in [0.15, 0.2) is 54.3 Å². The van der Waals surface area contributed by atoms with Crippen molar-refractivity contribution in [1.29, 1.82) is 0 Å². The molecule has 3 aromatic rings. The third-order valence-corrected chi connectivity index (χ3v) is 7.28. The molecule has 2 aliphatic heterocycles. The van der Waals surface area contributed by atoms with Gasteiger partial charge >= 0.3 is 0 Å². The Kier molecular flexibility index (Phi) is 4.40. The molecule has 3 atom stereocenters. The van der Waals surface area contributed by atoms with Gasteiger partial charge in [-0.3, -0.25) is 4.98 Å². The first-order valence-corrected chi connectivity index (χ1v) is 10.9. The molecule has 0 aliphatic carbocycles. The molecular formula is C22H25N5OS. The van der Waals surface area contributed by atoms with Crippen LogP contribution < -0.4 is 5.32 Å². The van der Waals surface area contributed by atoms with Crippen LogP contribution in [0, 0.1) is 0 Å². The van der Waals surface area contributed by atoms with Gasteiger partial charge in [-0.2, -0.15) is 0 Å². The number of piperidine rings is 1. The molecule has 0 radical (unpaired) electrons. The van der Waals surface area contributed by atoms with Gasteiger partial charge in [-0.15, -0.1) is 11.8 Å². The summed E-state index contributed by atoms with van der Waals surface area (Å²) in [6.45, 7) is 4.69. The van der Waals surface area contributed by atoms with Gasteiger partial charge in [0.15, 0.2) is 0 Å². The third-order valence-electron chi connectivity index (χ3n) is 6.16. The molecular weight excluding hydrogens is 382 g/mol. The van der Waals surface area contributed by atoms with Crippen LogP contribution in [0.3, 0.4) is 0 Å². The van der Waals surface area contributed by atoms with Gasteiger partial charge in [-0.05, 0) is 51.7 Å². The van der Waals surface area contributed by atoms with Crippen molar-refractivity contribution in [3.8, 4) is 22.7 Å². The number of nitrogens with zero attached hydrogens (tertiary/aromatic N) is 4. The van der Waals surface area contributed by atoms with Gasteiger partial charge in [-0.1, -0.05) is 0 Å². The maximum absolute atomic E-state index is 10.5. The number of benzene rings is 1. The lowest BCUT2D eigenvalue weighted by Crippen LogP contribution is -2.54. The second kappa shape index (κ2) is 6.85. The molecule has 0 unspecified atom stereocenters. The molecule has 0 saturated carbocycles. The summed E-state index contributed by atoms with van der Waals surface area (Å²) in [5.74, 6) is 0.182. The number of hydrogen-bond acceptors (Lipinski definition) is 6. The lowest BCUT2D eigenvalue weighted by Gasteiger charge is -2.41. The second-order valence-electron chi connectivity index (χ2n) is 8.81. The van der Waals surface area contributed by atoms with Crippen molar-refractivity contribution in [3.05, 3.63) is 49.3 Å². The first-order valence-electron chi connectivity index (χ1n) is 10.0. The van der Waals surface area contributed by atoms with Gasteiger partial charge in [0.05, 0.1) is 30.1 Å². The number of aromatic nitrogens is 4. The summed E-state index contributed by atoms with van der Waals surface area (Å²) < 4.78 is 1.85. The number of fused-ring (bicyclic) bond motifs is 2. The summed E-state index contributed by atoms with van der Waals surface area (Å²) in [6, 6.07) is 5.52. The molecule has 7 heteroatoms. The van der Waals surface area contributed by atoms with E-state index in [-0.39, 0.29) is 16.8 Å². The first-order chi connectivity index (χ1) is 13.9. The molecule has 2 aliphatic rings. The minimum atomic E-state index is 0.182. The molecule has 5 rings (SSSR count). The number of phenolic OH excluding ortho intramolecular Hbond substituents is 1. The molecule has 2 aromatic heterocycles. The first kappa shape index (κ1) is 18.6. The predicted octanol–water partition coefficient (Wildman–Crippen LogP) is 4.19. The lowest BCUT2D eigenvalue weighted by atomic mass is 9.88. The van der Waals surface area contributed by atoms with E-state index in [0.29, 0.717) is 16.5 Å². The van der Waals surface area contributed by atoms with Crippen molar-refractivity contribution < 1.29 is 5.11 Å².